The number of carbonyl (C=O) groups excluding carboxylic acids is 4. The Morgan fingerprint density at radius 2 is 1.42 bits per heavy atom. The highest BCUT2D eigenvalue weighted by Gasteiger charge is 2.37. The average molecular weight is 374 g/mol. The number of hydrogen-bond donors (Lipinski definition) is 2. The van der Waals surface area contributed by atoms with Gasteiger partial charge in [0, 0.05) is 27.7 Å². The molecule has 0 spiro atoms. The van der Waals surface area contributed by atoms with Crippen LogP contribution in [0.25, 0.3) is 0 Å². The molecule has 12 heteroatoms. The zero-order chi connectivity index (χ0) is 20.3. The molecule has 0 aromatic rings. The Bertz CT molecular complexity index is 585. The number of rotatable bonds is 9. The molecule has 0 rings (SSSR count). The van der Waals surface area contributed by atoms with Crippen LogP contribution in [-0.2, 0) is 38.1 Å². The van der Waals surface area contributed by atoms with Crippen LogP contribution in [0.15, 0.2) is 10.2 Å². The number of nitrogens with two attached hydrogens (primary N) is 2. The monoisotopic (exact) mass is 374 g/mol. The summed E-state index contributed by atoms with van der Waals surface area (Å²) >= 11 is 0. The number of esters is 4. The molecule has 0 aromatic carbocycles. The fourth-order valence-corrected chi connectivity index (χ4v) is 1.69. The highest BCUT2D eigenvalue weighted by atomic mass is 16.6. The number of hydrogen-bond acceptors (Lipinski definition) is 10. The lowest BCUT2D eigenvalue weighted by Crippen LogP contribution is -2.48. The maximum absolute atomic E-state index is 11.4. The van der Waals surface area contributed by atoms with Crippen LogP contribution >= 0.6 is 0 Å². The van der Waals surface area contributed by atoms with Crippen molar-refractivity contribution < 1.29 is 38.1 Å². The minimum absolute atomic E-state index is 0.372. The maximum atomic E-state index is 11.4. The van der Waals surface area contributed by atoms with E-state index in [4.69, 9.17) is 30.4 Å². The number of carbonyl (C=O) groups is 4. The number of ether oxygens (including phenoxy) is 4. The summed E-state index contributed by atoms with van der Waals surface area (Å²) in [4.78, 5) is 45.2. The summed E-state index contributed by atoms with van der Waals surface area (Å²) in [6, 6.07) is 0. The van der Waals surface area contributed by atoms with E-state index in [1.54, 1.807) is 0 Å². The molecule has 3 atom stereocenters. The summed E-state index contributed by atoms with van der Waals surface area (Å²) in [5.74, 6) is -3.31. The van der Waals surface area contributed by atoms with E-state index in [-0.39, 0.29) is 5.96 Å². The van der Waals surface area contributed by atoms with Crippen LogP contribution in [0.4, 0.5) is 0 Å². The Balaban J connectivity index is 5.77. The predicted molar refractivity (Wildman–Crippen MR) is 87.6 cm³/mol. The molecule has 4 N–H and O–H groups in total. The fraction of sp³-hybridized carbons (Fsp3) is 0.571. The van der Waals surface area contributed by atoms with E-state index in [1.165, 1.54) is 0 Å². The maximum Gasteiger partial charge on any atom is 0.303 e. The summed E-state index contributed by atoms with van der Waals surface area (Å²) in [5, 5.41) is 6.85. The van der Waals surface area contributed by atoms with E-state index in [2.05, 4.69) is 10.2 Å². The molecule has 146 valence electrons. The first kappa shape index (κ1) is 22.8. The average Bonchev–Trinajstić information content (AvgIpc) is 2.46. The molecular weight excluding hydrogens is 352 g/mol. The van der Waals surface area contributed by atoms with Gasteiger partial charge in [-0.2, -0.15) is 5.10 Å². The van der Waals surface area contributed by atoms with Gasteiger partial charge in [-0.25, -0.2) is 0 Å². The van der Waals surface area contributed by atoms with Gasteiger partial charge in [0.25, 0.3) is 0 Å². The first-order valence-corrected chi connectivity index (χ1v) is 7.30. The van der Waals surface area contributed by atoms with E-state index >= 15 is 0 Å². The van der Waals surface area contributed by atoms with Crippen LogP contribution in [0.2, 0.25) is 0 Å². The molecule has 0 aromatic heterocycles. The van der Waals surface area contributed by atoms with Crippen LogP contribution in [0.1, 0.15) is 27.7 Å². The van der Waals surface area contributed by atoms with Gasteiger partial charge in [0.1, 0.15) is 6.61 Å². The topological polar surface area (TPSA) is 182 Å². The first-order valence-electron chi connectivity index (χ1n) is 7.30. The van der Waals surface area contributed by atoms with Crippen molar-refractivity contribution in [2.24, 2.45) is 21.7 Å². The van der Waals surface area contributed by atoms with Crippen molar-refractivity contribution in [3.63, 3.8) is 0 Å². The van der Waals surface area contributed by atoms with Crippen LogP contribution in [0, 0.1) is 0 Å². The molecule has 0 fully saturated rings. The molecule has 0 aliphatic carbocycles. The predicted octanol–water partition coefficient (Wildman–Crippen LogP) is -1.40. The van der Waals surface area contributed by atoms with E-state index in [0.717, 1.165) is 33.9 Å². The van der Waals surface area contributed by atoms with E-state index in [9.17, 15) is 19.2 Å². The number of guanidine groups is 1. The summed E-state index contributed by atoms with van der Waals surface area (Å²) < 4.78 is 19.9. The van der Waals surface area contributed by atoms with Crippen LogP contribution in [0.3, 0.4) is 0 Å². The molecule has 0 heterocycles. The largest absolute Gasteiger partial charge is 0.462 e. The molecule has 0 amide bonds. The molecular formula is C14H22N4O8. The summed E-state index contributed by atoms with van der Waals surface area (Å²) in [5.41, 5.74) is 10.3. The Labute approximate surface area is 149 Å². The van der Waals surface area contributed by atoms with Crippen molar-refractivity contribution >= 4 is 36.1 Å². The van der Waals surface area contributed by atoms with Gasteiger partial charge in [0.2, 0.25) is 5.96 Å². The van der Waals surface area contributed by atoms with Gasteiger partial charge in [0.05, 0.1) is 6.21 Å². The van der Waals surface area contributed by atoms with Gasteiger partial charge >= 0.3 is 23.9 Å². The van der Waals surface area contributed by atoms with Crippen LogP contribution < -0.4 is 11.5 Å². The van der Waals surface area contributed by atoms with Crippen molar-refractivity contribution in [1.29, 1.82) is 0 Å². The third kappa shape index (κ3) is 10.6. The zero-order valence-electron chi connectivity index (χ0n) is 14.8. The van der Waals surface area contributed by atoms with Crippen LogP contribution in [-0.4, -0.2) is 61.0 Å². The minimum atomic E-state index is -1.38. The summed E-state index contributed by atoms with van der Waals surface area (Å²) in [6.45, 7) is 3.96. The van der Waals surface area contributed by atoms with E-state index in [1.807, 2.05) is 0 Å². The van der Waals surface area contributed by atoms with Crippen molar-refractivity contribution in [2.45, 2.75) is 46.0 Å². The second-order valence-electron chi connectivity index (χ2n) is 4.89. The lowest BCUT2D eigenvalue weighted by molar-refractivity contribution is -0.183. The first-order chi connectivity index (χ1) is 12.0. The smallest absolute Gasteiger partial charge is 0.303 e. The highest BCUT2D eigenvalue weighted by molar-refractivity contribution is 5.77. The third-order valence-electron chi connectivity index (χ3n) is 2.45. The Morgan fingerprint density at radius 1 is 0.885 bits per heavy atom. The zero-order valence-corrected chi connectivity index (χ0v) is 14.8. The molecule has 26 heavy (non-hydrogen) atoms. The van der Waals surface area contributed by atoms with Crippen molar-refractivity contribution in [1.82, 2.24) is 0 Å². The van der Waals surface area contributed by atoms with Gasteiger partial charge in [-0.05, 0) is 0 Å². The van der Waals surface area contributed by atoms with Gasteiger partial charge < -0.3 is 30.4 Å². The quantitative estimate of drug-likeness (QED) is 0.160. The summed E-state index contributed by atoms with van der Waals surface area (Å²) in [6.07, 6.45) is -3.02. The second-order valence-corrected chi connectivity index (χ2v) is 4.89. The van der Waals surface area contributed by atoms with Crippen molar-refractivity contribution in [3.05, 3.63) is 0 Å². The van der Waals surface area contributed by atoms with Gasteiger partial charge in [0.15, 0.2) is 18.3 Å². The Kier molecular flexibility index (Phi) is 9.99. The highest BCUT2D eigenvalue weighted by Crippen LogP contribution is 2.14. The lowest BCUT2D eigenvalue weighted by Gasteiger charge is -2.29. The number of nitrogens with zero attached hydrogens (tertiary/aromatic N) is 2. The second kappa shape index (κ2) is 11.4. The van der Waals surface area contributed by atoms with E-state index < -0.39 is 48.8 Å². The van der Waals surface area contributed by atoms with Gasteiger partial charge in [-0.1, -0.05) is 0 Å². The summed E-state index contributed by atoms with van der Waals surface area (Å²) in [7, 11) is 0. The normalized spacial score (nSPS) is 13.8. The standard InChI is InChI=1S/C14H22N4O8/c1-7(19)23-6-12(25-9(3)21)13(26-10(4)22)11(24-8(2)20)5-17-18-14(15)16/h5,11-13H,6H2,1-4H3,(H4,15,16,18)/b17-5+/t11-,12-,13+/m1/s1. The lowest BCUT2D eigenvalue weighted by atomic mass is 10.1. The molecule has 12 nitrogen and oxygen atoms in total. The Hall–Kier alpha value is -3.18. The van der Waals surface area contributed by atoms with Crippen molar-refractivity contribution in [2.75, 3.05) is 6.61 Å². The van der Waals surface area contributed by atoms with Gasteiger partial charge in [-0.3, -0.25) is 19.2 Å². The third-order valence-corrected chi connectivity index (χ3v) is 2.45. The molecule has 0 unspecified atom stereocenters. The fourth-order valence-electron chi connectivity index (χ4n) is 1.69. The van der Waals surface area contributed by atoms with Crippen LogP contribution in [0.5, 0.6) is 0 Å². The molecule has 0 bridgehead atoms. The SMILES string of the molecule is CC(=O)OC[C@@H](OC(C)=O)[C@@H](OC(C)=O)[C@@H](/C=N/N=C(N)N)OC(C)=O. The minimum Gasteiger partial charge on any atom is -0.462 e. The Morgan fingerprint density at radius 3 is 1.85 bits per heavy atom. The molecule has 0 saturated heterocycles. The molecule has 0 aliphatic heterocycles. The van der Waals surface area contributed by atoms with E-state index in [0.29, 0.717) is 0 Å². The van der Waals surface area contributed by atoms with Gasteiger partial charge in [-0.15, -0.1) is 5.10 Å². The molecule has 0 radical (unpaired) electrons. The molecule has 0 saturated carbocycles. The molecule has 0 aliphatic rings. The van der Waals surface area contributed by atoms with Crippen molar-refractivity contribution in [3.8, 4) is 0 Å².